The van der Waals surface area contributed by atoms with E-state index < -0.39 is 0 Å². The summed E-state index contributed by atoms with van der Waals surface area (Å²) in [5, 5.41) is 12.8. The van der Waals surface area contributed by atoms with Gasteiger partial charge in [-0.1, -0.05) is 24.3 Å². The predicted molar refractivity (Wildman–Crippen MR) is 98.5 cm³/mol. The first-order valence-corrected chi connectivity index (χ1v) is 8.80. The molecule has 25 heavy (non-hydrogen) atoms. The van der Waals surface area contributed by atoms with Crippen LogP contribution in [0.4, 0.5) is 5.82 Å². The fourth-order valence-corrected chi connectivity index (χ4v) is 3.31. The largest absolute Gasteiger partial charge is 0.395 e. The van der Waals surface area contributed by atoms with Crippen molar-refractivity contribution in [2.45, 2.75) is 38.9 Å². The van der Waals surface area contributed by atoms with Gasteiger partial charge in [0.2, 0.25) is 0 Å². The number of carbonyl (C=O) groups excluding carboxylic acids is 1. The predicted octanol–water partition coefficient (Wildman–Crippen LogP) is 2.85. The van der Waals surface area contributed by atoms with E-state index in [9.17, 15) is 9.90 Å². The number of likely N-dealkylation sites (tertiary alicyclic amines) is 1. The summed E-state index contributed by atoms with van der Waals surface area (Å²) in [6.07, 6.45) is 3.83. The summed E-state index contributed by atoms with van der Waals surface area (Å²) in [6, 6.07) is 12.3. The highest BCUT2D eigenvalue weighted by atomic mass is 16.3. The van der Waals surface area contributed by atoms with Crippen LogP contribution >= 0.6 is 0 Å². The van der Waals surface area contributed by atoms with Crippen LogP contribution in [0.25, 0.3) is 0 Å². The number of nitrogens with one attached hydrogen (secondary N) is 1. The number of hydrogen-bond donors (Lipinski definition) is 2. The van der Waals surface area contributed by atoms with Crippen molar-refractivity contribution >= 4 is 11.6 Å². The molecule has 0 saturated carbocycles. The number of pyridine rings is 1. The van der Waals surface area contributed by atoms with Crippen molar-refractivity contribution in [1.29, 1.82) is 0 Å². The molecule has 5 heteroatoms. The van der Waals surface area contributed by atoms with Crippen LogP contribution in [0.3, 0.4) is 0 Å². The van der Waals surface area contributed by atoms with Crippen LogP contribution in [-0.2, 0) is 13.1 Å². The van der Waals surface area contributed by atoms with Crippen molar-refractivity contribution in [3.8, 4) is 0 Å². The van der Waals surface area contributed by atoms with Crippen molar-refractivity contribution in [3.63, 3.8) is 0 Å². The van der Waals surface area contributed by atoms with E-state index in [0.717, 1.165) is 31.7 Å². The fourth-order valence-electron chi connectivity index (χ4n) is 3.31. The molecule has 0 amide bonds. The number of Topliss-reactive ketones (excluding diaryl/α,β-unsaturated/α-hetero) is 1. The standard InChI is InChI=1S/C20H25N3O2/c1-15(25)16-8-9-20(21-11-16)22-12-17-5-2-3-6-18(17)13-23-10-4-7-19(23)14-24/h2-3,5-6,8-9,11,19,24H,4,7,10,12-14H2,1H3,(H,21,22). The van der Waals surface area contributed by atoms with Crippen LogP contribution in [0, 0.1) is 0 Å². The van der Waals surface area contributed by atoms with Crippen LogP contribution in [-0.4, -0.2) is 40.0 Å². The van der Waals surface area contributed by atoms with Crippen LogP contribution < -0.4 is 5.32 Å². The SMILES string of the molecule is CC(=O)c1ccc(NCc2ccccc2CN2CCCC2CO)nc1. The van der Waals surface area contributed by atoms with Crippen LogP contribution in [0.2, 0.25) is 0 Å². The Hall–Kier alpha value is -2.24. The van der Waals surface area contributed by atoms with Gasteiger partial charge in [-0.2, -0.15) is 0 Å². The zero-order valence-corrected chi connectivity index (χ0v) is 14.6. The van der Waals surface area contributed by atoms with E-state index in [1.807, 2.05) is 12.1 Å². The molecule has 1 fully saturated rings. The van der Waals surface area contributed by atoms with Crippen LogP contribution in [0.5, 0.6) is 0 Å². The Labute approximate surface area is 148 Å². The molecule has 1 unspecified atom stereocenters. The first-order valence-electron chi connectivity index (χ1n) is 8.80. The van der Waals surface area contributed by atoms with Gasteiger partial charge in [0.25, 0.3) is 0 Å². The second-order valence-corrected chi connectivity index (χ2v) is 6.56. The molecule has 2 heterocycles. The summed E-state index contributed by atoms with van der Waals surface area (Å²) >= 11 is 0. The van der Waals surface area contributed by atoms with E-state index in [2.05, 4.69) is 33.4 Å². The van der Waals surface area contributed by atoms with E-state index in [-0.39, 0.29) is 18.4 Å². The topological polar surface area (TPSA) is 65.5 Å². The van der Waals surface area contributed by atoms with Crippen molar-refractivity contribution in [1.82, 2.24) is 9.88 Å². The summed E-state index contributed by atoms with van der Waals surface area (Å²) in [5.41, 5.74) is 3.12. The summed E-state index contributed by atoms with van der Waals surface area (Å²) in [4.78, 5) is 18.0. The Morgan fingerprint density at radius 2 is 2.08 bits per heavy atom. The maximum Gasteiger partial charge on any atom is 0.161 e. The average Bonchev–Trinajstić information content (AvgIpc) is 3.08. The summed E-state index contributed by atoms with van der Waals surface area (Å²) < 4.78 is 0. The Kier molecular flexibility index (Phi) is 5.79. The summed E-state index contributed by atoms with van der Waals surface area (Å²) in [5.74, 6) is 0.780. The normalized spacial score (nSPS) is 17.6. The third kappa shape index (κ3) is 4.44. The number of hydrogen-bond acceptors (Lipinski definition) is 5. The van der Waals surface area contributed by atoms with E-state index in [1.165, 1.54) is 11.1 Å². The number of anilines is 1. The summed E-state index contributed by atoms with van der Waals surface area (Å²) in [6.45, 7) is 4.35. The van der Waals surface area contributed by atoms with Gasteiger partial charge >= 0.3 is 0 Å². The zero-order valence-electron chi connectivity index (χ0n) is 14.6. The molecule has 1 saturated heterocycles. The Balaban J connectivity index is 1.65. The van der Waals surface area contributed by atoms with Crippen LogP contribution in [0.15, 0.2) is 42.6 Å². The lowest BCUT2D eigenvalue weighted by Crippen LogP contribution is -2.32. The molecular formula is C20H25N3O2. The molecule has 0 bridgehead atoms. The minimum absolute atomic E-state index is 0.0217. The highest BCUT2D eigenvalue weighted by molar-refractivity contribution is 5.93. The highest BCUT2D eigenvalue weighted by Crippen LogP contribution is 2.21. The molecule has 132 valence electrons. The van der Waals surface area contributed by atoms with Gasteiger partial charge in [0.05, 0.1) is 6.61 Å². The summed E-state index contributed by atoms with van der Waals surface area (Å²) in [7, 11) is 0. The quantitative estimate of drug-likeness (QED) is 0.760. The molecule has 2 aromatic rings. The van der Waals surface area contributed by atoms with E-state index in [0.29, 0.717) is 12.1 Å². The van der Waals surface area contributed by atoms with Crippen molar-refractivity contribution in [2.75, 3.05) is 18.5 Å². The number of rotatable bonds is 7. The number of aliphatic hydroxyl groups excluding tert-OH is 1. The fraction of sp³-hybridized carbons (Fsp3) is 0.400. The van der Waals surface area contributed by atoms with Crippen molar-refractivity contribution < 1.29 is 9.90 Å². The molecule has 3 rings (SSSR count). The van der Waals surface area contributed by atoms with Crippen LogP contribution in [0.1, 0.15) is 41.3 Å². The molecular weight excluding hydrogens is 314 g/mol. The minimum Gasteiger partial charge on any atom is -0.395 e. The van der Waals surface area contributed by atoms with E-state index in [4.69, 9.17) is 0 Å². The highest BCUT2D eigenvalue weighted by Gasteiger charge is 2.24. The molecule has 2 N–H and O–H groups in total. The molecule has 1 atom stereocenters. The molecule has 1 aromatic carbocycles. The van der Waals surface area contributed by atoms with Gasteiger partial charge in [-0.05, 0) is 49.6 Å². The lowest BCUT2D eigenvalue weighted by atomic mass is 10.1. The van der Waals surface area contributed by atoms with Gasteiger partial charge in [-0.3, -0.25) is 9.69 Å². The van der Waals surface area contributed by atoms with Gasteiger partial charge in [0, 0.05) is 30.9 Å². The minimum atomic E-state index is 0.0217. The second kappa shape index (κ2) is 8.23. The molecule has 1 aliphatic rings. The molecule has 1 aromatic heterocycles. The monoisotopic (exact) mass is 339 g/mol. The Bertz CT molecular complexity index is 715. The molecule has 1 aliphatic heterocycles. The van der Waals surface area contributed by atoms with Gasteiger partial charge in [0.15, 0.2) is 5.78 Å². The maximum absolute atomic E-state index is 11.3. The van der Waals surface area contributed by atoms with Gasteiger partial charge in [0.1, 0.15) is 5.82 Å². The van der Waals surface area contributed by atoms with Crippen molar-refractivity contribution in [3.05, 3.63) is 59.3 Å². The van der Waals surface area contributed by atoms with Gasteiger partial charge in [-0.15, -0.1) is 0 Å². The van der Waals surface area contributed by atoms with E-state index >= 15 is 0 Å². The number of aliphatic hydroxyl groups is 1. The van der Waals surface area contributed by atoms with Gasteiger partial charge in [-0.25, -0.2) is 4.98 Å². The number of carbonyl (C=O) groups is 1. The van der Waals surface area contributed by atoms with E-state index in [1.54, 1.807) is 19.2 Å². The number of nitrogens with zero attached hydrogens (tertiary/aromatic N) is 2. The zero-order chi connectivity index (χ0) is 17.6. The first-order chi connectivity index (χ1) is 12.2. The molecule has 0 aliphatic carbocycles. The molecule has 0 radical (unpaired) electrons. The Morgan fingerprint density at radius 3 is 2.76 bits per heavy atom. The number of benzene rings is 1. The lowest BCUT2D eigenvalue weighted by molar-refractivity contribution is 0.101. The lowest BCUT2D eigenvalue weighted by Gasteiger charge is -2.24. The smallest absolute Gasteiger partial charge is 0.161 e. The maximum atomic E-state index is 11.3. The van der Waals surface area contributed by atoms with Crippen molar-refractivity contribution in [2.24, 2.45) is 0 Å². The third-order valence-corrected chi connectivity index (χ3v) is 4.83. The Morgan fingerprint density at radius 1 is 1.28 bits per heavy atom. The number of ketones is 1. The average molecular weight is 339 g/mol. The number of aromatic nitrogens is 1. The van der Waals surface area contributed by atoms with Gasteiger partial charge < -0.3 is 10.4 Å². The second-order valence-electron chi connectivity index (χ2n) is 6.56. The first kappa shape index (κ1) is 17.6. The third-order valence-electron chi connectivity index (χ3n) is 4.83. The molecule has 5 nitrogen and oxygen atoms in total. The molecule has 0 spiro atoms.